The number of hydrogen-bond acceptors (Lipinski definition) is 4. The minimum absolute atomic E-state index is 0.0815. The lowest BCUT2D eigenvalue weighted by molar-refractivity contribution is -0.123. The van der Waals surface area contributed by atoms with Crippen molar-refractivity contribution in [2.24, 2.45) is 29.1 Å². The van der Waals surface area contributed by atoms with Gasteiger partial charge in [0, 0.05) is 0 Å². The van der Waals surface area contributed by atoms with Crippen molar-refractivity contribution in [3.05, 3.63) is 42.0 Å². The molecule has 1 aromatic carbocycles. The van der Waals surface area contributed by atoms with Gasteiger partial charge in [0.15, 0.2) is 0 Å². The Morgan fingerprint density at radius 1 is 1.08 bits per heavy atom. The molecule has 3 aliphatic carbocycles. The summed E-state index contributed by atoms with van der Waals surface area (Å²) in [6.45, 7) is 2.06. The molecule has 5 rings (SSSR count). The quantitative estimate of drug-likeness (QED) is 0.483. The number of hydrogen-bond donors (Lipinski definition) is 0. The van der Waals surface area contributed by atoms with Crippen LogP contribution in [-0.4, -0.2) is 24.4 Å². The Morgan fingerprint density at radius 3 is 2.12 bits per heavy atom. The molecule has 2 bridgehead atoms. The fourth-order valence-corrected chi connectivity index (χ4v) is 5.29. The van der Waals surface area contributed by atoms with Gasteiger partial charge in [0.05, 0.1) is 29.7 Å². The molecule has 1 spiro atoms. The van der Waals surface area contributed by atoms with Crippen LogP contribution in [0.1, 0.15) is 30.1 Å². The maximum Gasteiger partial charge on any atom is 0.338 e. The molecule has 3 fully saturated rings. The van der Waals surface area contributed by atoms with Crippen LogP contribution in [0, 0.1) is 29.1 Å². The zero-order valence-corrected chi connectivity index (χ0v) is 14.0. The maximum absolute atomic E-state index is 13.0. The number of amides is 2. The summed E-state index contributed by atoms with van der Waals surface area (Å²) >= 11 is 0. The van der Waals surface area contributed by atoms with Crippen LogP contribution in [0.25, 0.3) is 0 Å². The molecule has 1 saturated heterocycles. The summed E-state index contributed by atoms with van der Waals surface area (Å²) in [6, 6.07) is 6.53. The minimum atomic E-state index is -0.400. The van der Waals surface area contributed by atoms with E-state index in [0.29, 0.717) is 17.9 Å². The SMILES string of the molecule is CCOC(=O)c1ccc(N2C(=O)[C@@H]3[C@H](C2=O)[C@H]2C=C[C@H]3C23CC3)cc1. The molecule has 0 radical (unpaired) electrons. The molecule has 4 atom stereocenters. The first-order valence-electron chi connectivity index (χ1n) is 8.92. The number of allylic oxidation sites excluding steroid dienone is 2. The van der Waals surface area contributed by atoms with Gasteiger partial charge in [0.25, 0.3) is 0 Å². The summed E-state index contributed by atoms with van der Waals surface area (Å²) in [5.41, 5.74) is 1.17. The second-order valence-electron chi connectivity index (χ2n) is 7.50. The number of nitrogens with zero attached hydrogens (tertiary/aromatic N) is 1. The van der Waals surface area contributed by atoms with Crippen molar-refractivity contribution in [1.29, 1.82) is 0 Å². The summed E-state index contributed by atoms with van der Waals surface area (Å²) in [4.78, 5) is 39.1. The second kappa shape index (κ2) is 4.81. The number of ether oxygens (including phenoxy) is 1. The number of carbonyl (C=O) groups excluding carboxylic acids is 3. The summed E-state index contributed by atoms with van der Waals surface area (Å²) in [7, 11) is 0. The molecule has 5 heteroatoms. The lowest BCUT2D eigenvalue weighted by atomic mass is 9.85. The van der Waals surface area contributed by atoms with Crippen molar-refractivity contribution in [3.63, 3.8) is 0 Å². The van der Waals surface area contributed by atoms with E-state index >= 15 is 0 Å². The Kier molecular flexibility index (Phi) is 2.86. The number of esters is 1. The predicted octanol–water partition coefficient (Wildman–Crippen LogP) is 2.56. The van der Waals surface area contributed by atoms with Gasteiger partial charge in [-0.2, -0.15) is 0 Å². The van der Waals surface area contributed by atoms with Gasteiger partial charge in [-0.05, 0) is 61.3 Å². The molecule has 1 heterocycles. The fraction of sp³-hybridized carbons (Fsp3) is 0.450. The van der Waals surface area contributed by atoms with Crippen molar-refractivity contribution in [1.82, 2.24) is 0 Å². The van der Waals surface area contributed by atoms with Gasteiger partial charge in [0.1, 0.15) is 0 Å². The van der Waals surface area contributed by atoms with E-state index in [1.165, 1.54) is 4.90 Å². The highest BCUT2D eigenvalue weighted by molar-refractivity contribution is 6.23. The van der Waals surface area contributed by atoms with Gasteiger partial charge >= 0.3 is 5.97 Å². The average molecular weight is 337 g/mol. The van der Waals surface area contributed by atoms with E-state index in [9.17, 15) is 14.4 Å². The summed E-state index contributed by atoms with van der Waals surface area (Å²) in [5.74, 6) is -0.512. The first-order chi connectivity index (χ1) is 12.1. The van der Waals surface area contributed by atoms with E-state index in [0.717, 1.165) is 12.8 Å². The van der Waals surface area contributed by atoms with Crippen LogP contribution in [-0.2, 0) is 14.3 Å². The monoisotopic (exact) mass is 337 g/mol. The van der Waals surface area contributed by atoms with Crippen LogP contribution in [0.2, 0.25) is 0 Å². The van der Waals surface area contributed by atoms with E-state index in [1.807, 2.05) is 0 Å². The third-order valence-corrected chi connectivity index (χ3v) is 6.49. The summed E-state index contributed by atoms with van der Waals surface area (Å²) in [6.07, 6.45) is 6.60. The summed E-state index contributed by atoms with van der Waals surface area (Å²) < 4.78 is 4.97. The molecule has 0 unspecified atom stereocenters. The predicted molar refractivity (Wildman–Crippen MR) is 89.7 cm³/mol. The third-order valence-electron chi connectivity index (χ3n) is 6.49. The summed E-state index contributed by atoms with van der Waals surface area (Å²) in [5, 5.41) is 0. The Hall–Kier alpha value is -2.43. The van der Waals surface area contributed by atoms with Gasteiger partial charge in [-0.25, -0.2) is 4.79 Å². The number of imide groups is 1. The van der Waals surface area contributed by atoms with E-state index in [2.05, 4.69) is 12.2 Å². The lowest BCUT2D eigenvalue weighted by Crippen LogP contribution is -2.34. The number of rotatable bonds is 3. The molecular weight excluding hydrogens is 318 g/mol. The molecule has 1 aliphatic heterocycles. The van der Waals surface area contributed by atoms with E-state index < -0.39 is 5.97 Å². The Labute approximate surface area is 145 Å². The van der Waals surface area contributed by atoms with Gasteiger partial charge < -0.3 is 4.74 Å². The number of anilines is 1. The normalized spacial score (nSPS) is 33.2. The van der Waals surface area contributed by atoms with Crippen molar-refractivity contribution in [2.45, 2.75) is 19.8 Å². The maximum atomic E-state index is 13.0. The zero-order valence-electron chi connectivity index (χ0n) is 14.0. The van der Waals surface area contributed by atoms with Crippen LogP contribution in [0.3, 0.4) is 0 Å². The standard InChI is InChI=1S/C20H19NO4/c1-2-25-19(24)11-3-5-12(6-4-11)21-17(22)15-13-7-8-14(16(15)18(21)23)20(13)9-10-20/h3-8,13-16H,2,9-10H2,1H3/t13-,14-,15-,16+/m1/s1. The molecule has 2 amide bonds. The van der Waals surface area contributed by atoms with Crippen molar-refractivity contribution >= 4 is 23.5 Å². The van der Waals surface area contributed by atoms with Crippen LogP contribution in [0.4, 0.5) is 5.69 Å². The number of carbonyl (C=O) groups is 3. The van der Waals surface area contributed by atoms with Crippen molar-refractivity contribution < 1.29 is 19.1 Å². The molecular formula is C20H19NO4. The highest BCUT2D eigenvalue weighted by atomic mass is 16.5. The first-order valence-corrected chi connectivity index (χ1v) is 8.92. The molecule has 128 valence electrons. The minimum Gasteiger partial charge on any atom is -0.462 e. The van der Waals surface area contributed by atoms with Crippen LogP contribution < -0.4 is 4.90 Å². The average Bonchev–Trinajstić information content (AvgIpc) is 3.20. The fourth-order valence-electron chi connectivity index (χ4n) is 5.29. The van der Waals surface area contributed by atoms with E-state index in [-0.39, 0.29) is 40.9 Å². The van der Waals surface area contributed by atoms with Crippen molar-refractivity contribution in [2.75, 3.05) is 11.5 Å². The third kappa shape index (κ3) is 1.76. The van der Waals surface area contributed by atoms with Gasteiger partial charge in [-0.1, -0.05) is 12.2 Å². The number of benzene rings is 1. The largest absolute Gasteiger partial charge is 0.462 e. The molecule has 2 saturated carbocycles. The molecule has 1 aromatic rings. The van der Waals surface area contributed by atoms with Crippen LogP contribution in [0.15, 0.2) is 36.4 Å². The van der Waals surface area contributed by atoms with Gasteiger partial charge in [-0.15, -0.1) is 0 Å². The Morgan fingerprint density at radius 2 is 1.64 bits per heavy atom. The topological polar surface area (TPSA) is 63.7 Å². The smallest absolute Gasteiger partial charge is 0.338 e. The van der Waals surface area contributed by atoms with Gasteiger partial charge in [-0.3, -0.25) is 14.5 Å². The Bertz CT molecular complexity index is 787. The van der Waals surface area contributed by atoms with Gasteiger partial charge in [0.2, 0.25) is 11.8 Å². The zero-order chi connectivity index (χ0) is 17.3. The first kappa shape index (κ1) is 14.9. The van der Waals surface area contributed by atoms with Crippen molar-refractivity contribution in [3.8, 4) is 0 Å². The second-order valence-corrected chi connectivity index (χ2v) is 7.50. The van der Waals surface area contributed by atoms with E-state index in [4.69, 9.17) is 4.74 Å². The highest BCUT2D eigenvalue weighted by Gasteiger charge is 2.73. The molecule has 4 aliphatic rings. The van der Waals surface area contributed by atoms with Crippen LogP contribution >= 0.6 is 0 Å². The molecule has 25 heavy (non-hydrogen) atoms. The van der Waals surface area contributed by atoms with E-state index in [1.54, 1.807) is 31.2 Å². The highest BCUT2D eigenvalue weighted by Crippen LogP contribution is 2.73. The van der Waals surface area contributed by atoms with Crippen LogP contribution in [0.5, 0.6) is 0 Å². The molecule has 5 nitrogen and oxygen atoms in total. The number of fused-ring (bicyclic) bond motifs is 3. The molecule has 0 N–H and O–H groups in total. The Balaban J connectivity index is 1.44. The molecule has 0 aromatic heterocycles. The lowest BCUT2D eigenvalue weighted by Gasteiger charge is -2.21.